The number of hydrogen-bond acceptors (Lipinski definition) is 3. The fourth-order valence-corrected chi connectivity index (χ4v) is 1.17. The highest BCUT2D eigenvalue weighted by molar-refractivity contribution is 9.10. The first-order valence-corrected chi connectivity index (χ1v) is 3.99. The first-order valence-electron chi connectivity index (χ1n) is 3.19. The Labute approximate surface area is 86.5 Å². The summed E-state index contributed by atoms with van der Waals surface area (Å²) in [4.78, 5) is 6.01. The molecule has 5 heteroatoms. The van der Waals surface area contributed by atoms with Gasteiger partial charge in [0, 0.05) is 24.8 Å². The monoisotopic (exact) mass is 251 g/mol. The van der Waals surface area contributed by atoms with E-state index in [-0.39, 0.29) is 12.4 Å². The molecule has 1 aromatic heterocycles. The molecule has 12 heavy (non-hydrogen) atoms. The van der Waals surface area contributed by atoms with Crippen molar-refractivity contribution < 1.29 is 0 Å². The van der Waals surface area contributed by atoms with Crippen molar-refractivity contribution in [3.05, 3.63) is 16.7 Å². The van der Waals surface area contributed by atoms with Crippen LogP contribution in [0, 0.1) is 0 Å². The maximum atomic E-state index is 5.69. The Bertz CT molecular complexity index is 265. The van der Waals surface area contributed by atoms with E-state index < -0.39 is 0 Å². The number of nitrogens with two attached hydrogens (primary N) is 1. The fraction of sp³-hybridized carbons (Fsp3) is 0.286. The van der Waals surface area contributed by atoms with Crippen molar-refractivity contribution >= 4 is 39.8 Å². The number of aromatic nitrogens is 1. The predicted molar refractivity (Wildman–Crippen MR) is 57.9 cm³/mol. The lowest BCUT2D eigenvalue weighted by Gasteiger charge is -2.12. The van der Waals surface area contributed by atoms with Crippen molar-refractivity contribution in [1.29, 1.82) is 0 Å². The van der Waals surface area contributed by atoms with E-state index in [9.17, 15) is 0 Å². The van der Waals surface area contributed by atoms with Crippen LogP contribution in [0.5, 0.6) is 0 Å². The van der Waals surface area contributed by atoms with Gasteiger partial charge in [-0.05, 0) is 22.0 Å². The first-order chi connectivity index (χ1) is 5.11. The quantitative estimate of drug-likeness (QED) is 0.830. The van der Waals surface area contributed by atoms with Crippen LogP contribution in [0.2, 0.25) is 0 Å². The highest BCUT2D eigenvalue weighted by atomic mass is 79.9. The van der Waals surface area contributed by atoms with E-state index in [2.05, 4.69) is 20.9 Å². The summed E-state index contributed by atoms with van der Waals surface area (Å²) in [5.41, 5.74) is 6.37. The Morgan fingerprint density at radius 2 is 2.08 bits per heavy atom. The largest absolute Gasteiger partial charge is 0.396 e. The topological polar surface area (TPSA) is 42.2 Å². The highest BCUT2D eigenvalue weighted by Gasteiger charge is 2.01. The summed E-state index contributed by atoms with van der Waals surface area (Å²) in [5.74, 6) is 0.799. The minimum Gasteiger partial charge on any atom is -0.396 e. The van der Waals surface area contributed by atoms with Crippen molar-refractivity contribution in [1.82, 2.24) is 4.98 Å². The van der Waals surface area contributed by atoms with Crippen molar-refractivity contribution in [3.8, 4) is 0 Å². The summed E-state index contributed by atoms with van der Waals surface area (Å²) in [6.45, 7) is 0. The van der Waals surface area contributed by atoms with Gasteiger partial charge >= 0.3 is 0 Å². The average molecular weight is 253 g/mol. The minimum atomic E-state index is 0. The number of nitrogen functional groups attached to an aromatic ring is 1. The van der Waals surface area contributed by atoms with Crippen molar-refractivity contribution in [2.75, 3.05) is 24.7 Å². The van der Waals surface area contributed by atoms with Gasteiger partial charge in [-0.3, -0.25) is 0 Å². The Morgan fingerprint density at radius 1 is 1.50 bits per heavy atom. The van der Waals surface area contributed by atoms with Gasteiger partial charge in [0.25, 0.3) is 0 Å². The number of nitrogens with zero attached hydrogens (tertiary/aromatic N) is 2. The summed E-state index contributed by atoms with van der Waals surface area (Å²) in [6, 6.07) is 1.84. The second kappa shape index (κ2) is 4.52. The summed E-state index contributed by atoms with van der Waals surface area (Å²) in [6.07, 6.45) is 1.73. The minimum absolute atomic E-state index is 0. The van der Waals surface area contributed by atoms with Crippen LogP contribution in [0.1, 0.15) is 0 Å². The molecule has 3 nitrogen and oxygen atoms in total. The van der Waals surface area contributed by atoms with Gasteiger partial charge in [0.1, 0.15) is 0 Å². The lowest BCUT2D eigenvalue weighted by Crippen LogP contribution is -2.12. The number of hydrogen-bond donors (Lipinski definition) is 1. The zero-order valence-corrected chi connectivity index (χ0v) is 9.32. The highest BCUT2D eigenvalue weighted by Crippen LogP contribution is 2.21. The van der Waals surface area contributed by atoms with E-state index in [1.807, 2.05) is 25.1 Å². The Balaban J connectivity index is 0.00000121. The molecule has 0 saturated heterocycles. The smallest absolute Gasteiger partial charge is 0.151 e. The molecule has 0 aromatic carbocycles. The molecule has 0 unspecified atom stereocenters. The maximum absolute atomic E-state index is 5.69. The molecular weight excluding hydrogens is 241 g/mol. The van der Waals surface area contributed by atoms with Crippen molar-refractivity contribution in [3.63, 3.8) is 0 Å². The van der Waals surface area contributed by atoms with Crippen LogP contribution < -0.4 is 10.6 Å². The van der Waals surface area contributed by atoms with Gasteiger partial charge in [-0.1, -0.05) is 0 Å². The van der Waals surface area contributed by atoms with Crippen LogP contribution in [-0.2, 0) is 0 Å². The summed E-state index contributed by atoms with van der Waals surface area (Å²) >= 11 is 3.28. The maximum Gasteiger partial charge on any atom is 0.151 e. The molecule has 0 aliphatic heterocycles. The number of anilines is 2. The molecule has 0 spiro atoms. The lowest BCUT2D eigenvalue weighted by molar-refractivity contribution is 1.07. The third-order valence-corrected chi connectivity index (χ3v) is 1.72. The molecule has 0 radical (unpaired) electrons. The van der Waals surface area contributed by atoms with Crippen molar-refractivity contribution in [2.45, 2.75) is 0 Å². The van der Waals surface area contributed by atoms with Crippen LogP contribution in [0.3, 0.4) is 0 Å². The molecule has 0 aliphatic carbocycles. The van der Waals surface area contributed by atoms with Gasteiger partial charge < -0.3 is 10.6 Å². The molecular formula is C7H11BrClN3. The van der Waals surface area contributed by atoms with Gasteiger partial charge in [-0.15, -0.1) is 12.4 Å². The first kappa shape index (κ1) is 11.5. The molecule has 0 saturated carbocycles. The standard InChI is InChI=1S/C7H10BrN3.ClH/c1-11(2)7-6(9)3-5(8)4-10-7;/h3-4H,9H2,1-2H3;1H. The third kappa shape index (κ3) is 2.53. The summed E-state index contributed by atoms with van der Waals surface area (Å²) < 4.78 is 0.903. The molecule has 0 atom stereocenters. The Kier molecular flexibility index (Phi) is 4.34. The summed E-state index contributed by atoms with van der Waals surface area (Å²) in [5, 5.41) is 0. The van der Waals surface area contributed by atoms with Crippen LogP contribution in [0.4, 0.5) is 11.5 Å². The second-order valence-electron chi connectivity index (χ2n) is 2.46. The van der Waals surface area contributed by atoms with Crippen LogP contribution in [0.25, 0.3) is 0 Å². The fourth-order valence-electron chi connectivity index (χ4n) is 0.821. The molecule has 0 bridgehead atoms. The summed E-state index contributed by atoms with van der Waals surface area (Å²) in [7, 11) is 3.82. The molecule has 1 rings (SSSR count). The predicted octanol–water partition coefficient (Wildman–Crippen LogP) is 1.91. The Morgan fingerprint density at radius 3 is 2.50 bits per heavy atom. The number of rotatable bonds is 1. The van der Waals surface area contributed by atoms with Gasteiger partial charge in [0.2, 0.25) is 0 Å². The molecule has 1 aromatic rings. The molecule has 0 fully saturated rings. The molecule has 0 amide bonds. The zero-order valence-electron chi connectivity index (χ0n) is 6.91. The zero-order chi connectivity index (χ0) is 8.43. The number of pyridine rings is 1. The molecule has 1 heterocycles. The van der Waals surface area contributed by atoms with Gasteiger partial charge in [0.05, 0.1) is 5.69 Å². The van der Waals surface area contributed by atoms with Crippen LogP contribution >= 0.6 is 28.3 Å². The molecule has 0 aliphatic rings. The van der Waals surface area contributed by atoms with Crippen molar-refractivity contribution in [2.24, 2.45) is 0 Å². The van der Waals surface area contributed by atoms with E-state index >= 15 is 0 Å². The van der Waals surface area contributed by atoms with E-state index in [1.54, 1.807) is 6.20 Å². The SMILES string of the molecule is CN(C)c1ncc(Br)cc1N.Cl. The molecule has 2 N–H and O–H groups in total. The van der Waals surface area contributed by atoms with E-state index in [0.717, 1.165) is 10.3 Å². The lowest BCUT2D eigenvalue weighted by atomic mass is 10.4. The van der Waals surface area contributed by atoms with E-state index in [4.69, 9.17) is 5.73 Å². The van der Waals surface area contributed by atoms with Crippen LogP contribution in [-0.4, -0.2) is 19.1 Å². The average Bonchev–Trinajstić information content (AvgIpc) is 1.85. The van der Waals surface area contributed by atoms with Gasteiger partial charge in [0.15, 0.2) is 5.82 Å². The molecule has 68 valence electrons. The van der Waals surface area contributed by atoms with Gasteiger partial charge in [-0.25, -0.2) is 4.98 Å². The number of halogens is 2. The Hall–Kier alpha value is -0.480. The normalized spacial score (nSPS) is 8.92. The van der Waals surface area contributed by atoms with Crippen LogP contribution in [0.15, 0.2) is 16.7 Å². The third-order valence-electron chi connectivity index (χ3n) is 1.29. The second-order valence-corrected chi connectivity index (χ2v) is 3.38. The van der Waals surface area contributed by atoms with E-state index in [1.165, 1.54) is 0 Å². The van der Waals surface area contributed by atoms with E-state index in [0.29, 0.717) is 5.69 Å². The van der Waals surface area contributed by atoms with Gasteiger partial charge in [-0.2, -0.15) is 0 Å².